The molecule has 0 aliphatic carbocycles. The number of carbonyl (C=O) groups is 1. The summed E-state index contributed by atoms with van der Waals surface area (Å²) in [5, 5.41) is 0. The highest BCUT2D eigenvalue weighted by atomic mass is 16.5. The lowest BCUT2D eigenvalue weighted by Gasteiger charge is -2.36. The molecule has 0 radical (unpaired) electrons. The van der Waals surface area contributed by atoms with Gasteiger partial charge in [0.15, 0.2) is 0 Å². The fourth-order valence-electron chi connectivity index (χ4n) is 4.12. The van der Waals surface area contributed by atoms with Gasteiger partial charge in [0.05, 0.1) is 6.61 Å². The van der Waals surface area contributed by atoms with E-state index in [1.54, 1.807) is 14.0 Å². The van der Waals surface area contributed by atoms with Crippen LogP contribution in [0, 0.1) is 17.8 Å². The molecular formula is C20H35N3O2. The zero-order valence-corrected chi connectivity index (χ0v) is 16.3. The monoisotopic (exact) mass is 349 g/mol. The van der Waals surface area contributed by atoms with Crippen LogP contribution >= 0.6 is 0 Å². The Morgan fingerprint density at radius 2 is 1.96 bits per heavy atom. The minimum Gasteiger partial charge on any atom is -0.383 e. The first-order chi connectivity index (χ1) is 12.2. The number of likely N-dealkylation sites (tertiary alicyclic amines) is 2. The van der Waals surface area contributed by atoms with Gasteiger partial charge < -0.3 is 14.5 Å². The quantitative estimate of drug-likeness (QED) is 0.625. The smallest absolute Gasteiger partial charge is 0.298 e. The molecule has 2 fully saturated rings. The van der Waals surface area contributed by atoms with E-state index in [0.717, 1.165) is 58.7 Å². The molecule has 1 atom stereocenters. The molecule has 0 aromatic rings. The van der Waals surface area contributed by atoms with E-state index in [2.05, 4.69) is 28.6 Å². The number of nitrogens with zero attached hydrogens (tertiary/aromatic N) is 3. The summed E-state index contributed by atoms with van der Waals surface area (Å²) in [4.78, 5) is 19.5. The molecule has 0 aromatic carbocycles. The second-order valence-corrected chi connectivity index (χ2v) is 7.29. The molecule has 0 unspecified atom stereocenters. The molecule has 2 heterocycles. The van der Waals surface area contributed by atoms with Gasteiger partial charge in [0.1, 0.15) is 0 Å². The topological polar surface area (TPSA) is 36.0 Å². The van der Waals surface area contributed by atoms with Crippen LogP contribution in [0.5, 0.6) is 0 Å². The standard InChI is InChI=1S/C20H35N3O2/c1-4-7-20(24)23(17-19-8-6-11-22(19)5-2)16-18-9-12-21(13-10-18)14-15-25-3/h18-19H,5-6,8-17H2,1-3H3/t19-/m1/s1. The molecule has 5 heteroatoms. The average molecular weight is 350 g/mol. The Bertz CT molecular complexity index is 463. The summed E-state index contributed by atoms with van der Waals surface area (Å²) in [6.07, 6.45) is 4.77. The number of ether oxygens (including phenoxy) is 1. The predicted molar refractivity (Wildman–Crippen MR) is 101 cm³/mol. The van der Waals surface area contributed by atoms with E-state index in [1.807, 2.05) is 4.90 Å². The molecule has 0 spiro atoms. The van der Waals surface area contributed by atoms with Crippen LogP contribution in [0.2, 0.25) is 0 Å². The summed E-state index contributed by atoms with van der Waals surface area (Å²) >= 11 is 0. The SMILES string of the molecule is CC#CC(=O)N(CC1CCN(CCOC)CC1)C[C@H]1CCCN1CC. The second-order valence-electron chi connectivity index (χ2n) is 7.29. The van der Waals surface area contributed by atoms with Crippen LogP contribution < -0.4 is 0 Å². The van der Waals surface area contributed by atoms with Crippen LogP contribution in [0.15, 0.2) is 0 Å². The van der Waals surface area contributed by atoms with Crippen LogP contribution in [0.25, 0.3) is 0 Å². The van der Waals surface area contributed by atoms with Crippen LogP contribution in [-0.4, -0.2) is 86.2 Å². The number of carbonyl (C=O) groups excluding carboxylic acids is 1. The normalized spacial score (nSPS) is 22.6. The van der Waals surface area contributed by atoms with Crippen LogP contribution in [0.3, 0.4) is 0 Å². The summed E-state index contributed by atoms with van der Waals surface area (Å²) in [5.41, 5.74) is 0. The zero-order chi connectivity index (χ0) is 18.1. The van der Waals surface area contributed by atoms with E-state index in [-0.39, 0.29) is 5.91 Å². The Morgan fingerprint density at radius 3 is 2.60 bits per heavy atom. The molecular weight excluding hydrogens is 314 g/mol. The Morgan fingerprint density at radius 1 is 1.20 bits per heavy atom. The molecule has 0 saturated carbocycles. The van der Waals surface area contributed by atoms with Crippen molar-refractivity contribution in [3.8, 4) is 11.8 Å². The van der Waals surface area contributed by atoms with Gasteiger partial charge in [0, 0.05) is 32.8 Å². The maximum atomic E-state index is 12.5. The highest BCUT2D eigenvalue weighted by Gasteiger charge is 2.29. The lowest BCUT2D eigenvalue weighted by Crippen LogP contribution is -2.46. The molecule has 0 bridgehead atoms. The number of methoxy groups -OCH3 is 1. The maximum Gasteiger partial charge on any atom is 0.298 e. The van der Waals surface area contributed by atoms with Gasteiger partial charge in [-0.15, -0.1) is 0 Å². The van der Waals surface area contributed by atoms with E-state index in [9.17, 15) is 4.79 Å². The van der Waals surface area contributed by atoms with Crippen molar-refractivity contribution in [2.75, 3.05) is 59.5 Å². The lowest BCUT2D eigenvalue weighted by molar-refractivity contribution is -0.126. The fourth-order valence-corrected chi connectivity index (χ4v) is 4.12. The summed E-state index contributed by atoms with van der Waals surface area (Å²) < 4.78 is 5.17. The van der Waals surface area contributed by atoms with Gasteiger partial charge in [-0.1, -0.05) is 12.8 Å². The third-order valence-electron chi connectivity index (χ3n) is 5.65. The van der Waals surface area contributed by atoms with Crippen LogP contribution in [-0.2, 0) is 9.53 Å². The van der Waals surface area contributed by atoms with Crippen molar-refractivity contribution >= 4 is 5.91 Å². The number of amides is 1. The zero-order valence-electron chi connectivity index (χ0n) is 16.3. The van der Waals surface area contributed by atoms with E-state index in [4.69, 9.17) is 4.74 Å². The average Bonchev–Trinajstić information content (AvgIpc) is 3.08. The molecule has 2 rings (SSSR count). The molecule has 0 N–H and O–H groups in total. The van der Waals surface area contributed by atoms with Gasteiger partial charge in [0.2, 0.25) is 0 Å². The van der Waals surface area contributed by atoms with E-state index >= 15 is 0 Å². The third kappa shape index (κ3) is 6.29. The molecule has 2 aliphatic rings. The van der Waals surface area contributed by atoms with Gasteiger partial charge in [-0.05, 0) is 70.6 Å². The van der Waals surface area contributed by atoms with Crippen molar-refractivity contribution in [2.24, 2.45) is 5.92 Å². The highest BCUT2D eigenvalue weighted by molar-refractivity contribution is 5.93. The Balaban J connectivity index is 1.88. The largest absolute Gasteiger partial charge is 0.383 e. The lowest BCUT2D eigenvalue weighted by atomic mass is 9.96. The molecule has 1 amide bonds. The van der Waals surface area contributed by atoms with Crippen molar-refractivity contribution in [1.29, 1.82) is 0 Å². The van der Waals surface area contributed by atoms with Crippen molar-refractivity contribution in [3.63, 3.8) is 0 Å². The Labute approximate surface area is 153 Å². The third-order valence-corrected chi connectivity index (χ3v) is 5.65. The molecule has 0 aromatic heterocycles. The van der Waals surface area contributed by atoms with Gasteiger partial charge in [0.25, 0.3) is 5.91 Å². The minimum absolute atomic E-state index is 0.00673. The predicted octanol–water partition coefficient (Wildman–Crippen LogP) is 1.68. The summed E-state index contributed by atoms with van der Waals surface area (Å²) in [6, 6.07) is 0.509. The fraction of sp³-hybridized carbons (Fsp3) is 0.850. The van der Waals surface area contributed by atoms with Gasteiger partial charge in [-0.25, -0.2) is 0 Å². The molecule has 2 saturated heterocycles. The van der Waals surface area contributed by atoms with E-state index < -0.39 is 0 Å². The van der Waals surface area contributed by atoms with Crippen LogP contribution in [0.1, 0.15) is 39.5 Å². The number of rotatable bonds is 8. The van der Waals surface area contributed by atoms with Crippen LogP contribution in [0.4, 0.5) is 0 Å². The molecule has 25 heavy (non-hydrogen) atoms. The first-order valence-corrected chi connectivity index (χ1v) is 9.84. The summed E-state index contributed by atoms with van der Waals surface area (Å²) in [7, 11) is 1.76. The first kappa shape index (κ1) is 20.2. The van der Waals surface area contributed by atoms with E-state index in [0.29, 0.717) is 12.0 Å². The molecule has 142 valence electrons. The summed E-state index contributed by atoms with van der Waals surface area (Å²) in [6.45, 7) is 11.9. The number of hydrogen-bond acceptors (Lipinski definition) is 4. The van der Waals surface area contributed by atoms with Gasteiger partial charge in [-0.3, -0.25) is 9.69 Å². The van der Waals surface area contributed by atoms with E-state index in [1.165, 1.54) is 19.4 Å². The van der Waals surface area contributed by atoms with Crippen molar-refractivity contribution < 1.29 is 9.53 Å². The van der Waals surface area contributed by atoms with Crippen molar-refractivity contribution in [3.05, 3.63) is 0 Å². The summed E-state index contributed by atoms with van der Waals surface area (Å²) in [5.74, 6) is 6.16. The number of likely N-dealkylation sites (N-methyl/N-ethyl adjacent to an activating group) is 1. The maximum absolute atomic E-state index is 12.5. The Kier molecular flexibility index (Phi) is 8.74. The number of piperidine rings is 1. The number of hydrogen-bond donors (Lipinski definition) is 0. The molecule has 5 nitrogen and oxygen atoms in total. The minimum atomic E-state index is 0.00673. The van der Waals surface area contributed by atoms with Crippen molar-refractivity contribution in [1.82, 2.24) is 14.7 Å². The van der Waals surface area contributed by atoms with Gasteiger partial charge >= 0.3 is 0 Å². The first-order valence-electron chi connectivity index (χ1n) is 9.84. The Hall–Kier alpha value is -1.09. The second kappa shape index (κ2) is 10.8. The van der Waals surface area contributed by atoms with Crippen molar-refractivity contribution in [2.45, 2.75) is 45.6 Å². The molecule has 2 aliphatic heterocycles. The van der Waals surface area contributed by atoms with Gasteiger partial charge in [-0.2, -0.15) is 0 Å². The highest BCUT2D eigenvalue weighted by Crippen LogP contribution is 2.21.